The second-order valence-corrected chi connectivity index (χ2v) is 3.53. The molecule has 1 N–H and O–H groups in total. The van der Waals surface area contributed by atoms with Crippen LogP contribution in [0.2, 0.25) is 0 Å². The summed E-state index contributed by atoms with van der Waals surface area (Å²) in [6.07, 6.45) is 1.14. The van der Waals surface area contributed by atoms with E-state index >= 15 is 0 Å². The number of hydrogen-bond acceptors (Lipinski definition) is 4. The molecule has 15 heavy (non-hydrogen) atoms. The maximum Gasteiger partial charge on any atom is 0.316 e. The zero-order valence-electron chi connectivity index (χ0n) is 9.71. The largest absolute Gasteiger partial charge is 0.462 e. The normalized spacial score (nSPS) is 10.3. The van der Waals surface area contributed by atoms with E-state index in [9.17, 15) is 0 Å². The predicted octanol–water partition coefficient (Wildman–Crippen LogP) is 1.47. The maximum atomic E-state index is 5.43. The molecule has 0 amide bonds. The van der Waals surface area contributed by atoms with E-state index in [2.05, 4.69) is 22.2 Å². The van der Waals surface area contributed by atoms with E-state index in [-0.39, 0.29) is 0 Å². The summed E-state index contributed by atoms with van der Waals surface area (Å²) in [4.78, 5) is 8.38. The lowest BCUT2D eigenvalue weighted by Gasteiger charge is -2.06. The summed E-state index contributed by atoms with van der Waals surface area (Å²) in [7, 11) is 0. The van der Waals surface area contributed by atoms with Crippen LogP contribution in [0.25, 0.3) is 0 Å². The fraction of sp³-hybridized carbons (Fsp3) is 0.636. The Morgan fingerprint density at radius 2 is 1.87 bits per heavy atom. The van der Waals surface area contributed by atoms with Gasteiger partial charge in [-0.15, -0.1) is 0 Å². The molecule has 0 saturated heterocycles. The Bertz CT molecular complexity index is 282. The van der Waals surface area contributed by atoms with E-state index in [1.807, 2.05) is 19.9 Å². The fourth-order valence-electron chi connectivity index (χ4n) is 1.27. The van der Waals surface area contributed by atoms with Crippen molar-refractivity contribution in [1.82, 2.24) is 15.3 Å². The van der Waals surface area contributed by atoms with Crippen LogP contribution in [0.4, 0.5) is 0 Å². The molecule has 0 atom stereocenters. The second kappa shape index (κ2) is 6.35. The highest BCUT2D eigenvalue weighted by molar-refractivity contribution is 5.10. The maximum absolute atomic E-state index is 5.43. The average molecular weight is 209 g/mol. The van der Waals surface area contributed by atoms with Crippen LogP contribution in [-0.2, 0) is 0 Å². The van der Waals surface area contributed by atoms with E-state index in [1.165, 1.54) is 0 Å². The summed E-state index contributed by atoms with van der Waals surface area (Å²) in [5.74, 6) is 0. The summed E-state index contributed by atoms with van der Waals surface area (Å²) in [5, 5.41) is 3.25. The van der Waals surface area contributed by atoms with Crippen molar-refractivity contribution in [2.24, 2.45) is 0 Å². The van der Waals surface area contributed by atoms with Gasteiger partial charge in [0, 0.05) is 17.9 Å². The summed E-state index contributed by atoms with van der Waals surface area (Å²) < 4.78 is 5.43. The molecule has 0 spiro atoms. The van der Waals surface area contributed by atoms with Crippen LogP contribution in [0.3, 0.4) is 0 Å². The van der Waals surface area contributed by atoms with Crippen molar-refractivity contribution in [2.45, 2.75) is 27.2 Å². The van der Waals surface area contributed by atoms with Crippen molar-refractivity contribution >= 4 is 0 Å². The second-order valence-electron chi connectivity index (χ2n) is 3.53. The van der Waals surface area contributed by atoms with Crippen molar-refractivity contribution in [1.29, 1.82) is 0 Å². The number of aromatic nitrogens is 2. The molecule has 0 aromatic carbocycles. The number of aryl methyl sites for hydroxylation is 2. The molecule has 1 heterocycles. The molecule has 0 unspecified atom stereocenters. The molecule has 1 rings (SSSR count). The van der Waals surface area contributed by atoms with Crippen molar-refractivity contribution in [3.63, 3.8) is 0 Å². The summed E-state index contributed by atoms with van der Waals surface area (Å²) in [6.45, 7) is 8.50. The molecule has 84 valence electrons. The molecule has 0 fully saturated rings. The van der Waals surface area contributed by atoms with Gasteiger partial charge in [-0.05, 0) is 32.9 Å². The van der Waals surface area contributed by atoms with Crippen molar-refractivity contribution < 1.29 is 4.74 Å². The number of rotatable bonds is 6. The molecule has 4 nitrogen and oxygen atoms in total. The van der Waals surface area contributed by atoms with Crippen LogP contribution in [0.5, 0.6) is 6.01 Å². The highest BCUT2D eigenvalue weighted by Crippen LogP contribution is 2.05. The molecule has 1 aromatic rings. The van der Waals surface area contributed by atoms with Gasteiger partial charge in [-0.3, -0.25) is 0 Å². The number of hydrogen-bond donors (Lipinski definition) is 1. The van der Waals surface area contributed by atoms with Crippen LogP contribution in [-0.4, -0.2) is 29.7 Å². The van der Waals surface area contributed by atoms with Crippen LogP contribution in [0, 0.1) is 13.8 Å². The minimum Gasteiger partial charge on any atom is -0.462 e. The van der Waals surface area contributed by atoms with Gasteiger partial charge in [-0.2, -0.15) is 0 Å². The average Bonchev–Trinajstić information content (AvgIpc) is 2.16. The van der Waals surface area contributed by atoms with Gasteiger partial charge in [0.15, 0.2) is 0 Å². The lowest BCUT2D eigenvalue weighted by Crippen LogP contribution is -2.22. The van der Waals surface area contributed by atoms with Crippen molar-refractivity contribution in [3.05, 3.63) is 17.5 Å². The Kier molecular flexibility index (Phi) is 5.04. The van der Waals surface area contributed by atoms with Gasteiger partial charge in [0.2, 0.25) is 0 Å². The highest BCUT2D eigenvalue weighted by Gasteiger charge is 1.99. The van der Waals surface area contributed by atoms with Crippen LogP contribution >= 0.6 is 0 Å². The van der Waals surface area contributed by atoms with Gasteiger partial charge in [0.1, 0.15) is 6.61 Å². The number of nitrogens with zero attached hydrogens (tertiary/aromatic N) is 2. The first kappa shape index (κ1) is 11.9. The smallest absolute Gasteiger partial charge is 0.316 e. The summed E-state index contributed by atoms with van der Waals surface area (Å²) in [6, 6.07) is 2.41. The minimum atomic E-state index is 0.478. The standard InChI is InChI=1S/C11H19N3O/c1-4-5-12-6-7-15-11-13-9(2)8-10(3)14-11/h8,12H,4-7H2,1-3H3. The first-order chi connectivity index (χ1) is 7.22. The van der Waals surface area contributed by atoms with Gasteiger partial charge in [0.05, 0.1) is 0 Å². The topological polar surface area (TPSA) is 47.0 Å². The Balaban J connectivity index is 2.31. The molecule has 0 saturated carbocycles. The first-order valence-corrected chi connectivity index (χ1v) is 5.38. The molecule has 0 radical (unpaired) electrons. The zero-order valence-corrected chi connectivity index (χ0v) is 9.71. The summed E-state index contributed by atoms with van der Waals surface area (Å²) >= 11 is 0. The van der Waals surface area contributed by atoms with Crippen molar-refractivity contribution in [3.8, 4) is 6.01 Å². The van der Waals surface area contributed by atoms with Crippen LogP contribution in [0.1, 0.15) is 24.7 Å². The number of ether oxygens (including phenoxy) is 1. The zero-order chi connectivity index (χ0) is 11.1. The van der Waals surface area contributed by atoms with Crippen LogP contribution in [0.15, 0.2) is 6.07 Å². The molecule has 4 heteroatoms. The molecular weight excluding hydrogens is 190 g/mol. The quantitative estimate of drug-likeness (QED) is 0.721. The third-order valence-electron chi connectivity index (χ3n) is 1.90. The first-order valence-electron chi connectivity index (χ1n) is 5.38. The minimum absolute atomic E-state index is 0.478. The Hall–Kier alpha value is -1.16. The third-order valence-corrected chi connectivity index (χ3v) is 1.90. The predicted molar refractivity (Wildman–Crippen MR) is 60.2 cm³/mol. The molecule has 0 aliphatic heterocycles. The monoisotopic (exact) mass is 209 g/mol. The van der Waals surface area contributed by atoms with Gasteiger partial charge in [0.25, 0.3) is 0 Å². The molecular formula is C11H19N3O. The van der Waals surface area contributed by atoms with E-state index in [0.717, 1.165) is 30.9 Å². The van der Waals surface area contributed by atoms with Crippen LogP contribution < -0.4 is 10.1 Å². The van der Waals surface area contributed by atoms with Gasteiger partial charge in [-0.1, -0.05) is 6.92 Å². The van der Waals surface area contributed by atoms with E-state index < -0.39 is 0 Å². The molecule has 0 aliphatic rings. The Morgan fingerprint density at radius 1 is 1.20 bits per heavy atom. The van der Waals surface area contributed by atoms with Gasteiger partial charge < -0.3 is 10.1 Å². The molecule has 1 aromatic heterocycles. The Labute approximate surface area is 91.1 Å². The highest BCUT2D eigenvalue weighted by atomic mass is 16.5. The molecule has 0 bridgehead atoms. The van der Waals surface area contributed by atoms with Crippen molar-refractivity contribution in [2.75, 3.05) is 19.7 Å². The van der Waals surface area contributed by atoms with E-state index in [1.54, 1.807) is 0 Å². The number of nitrogens with one attached hydrogen (secondary N) is 1. The fourth-order valence-corrected chi connectivity index (χ4v) is 1.27. The third kappa shape index (κ3) is 4.74. The van der Waals surface area contributed by atoms with E-state index in [4.69, 9.17) is 4.74 Å². The van der Waals surface area contributed by atoms with Gasteiger partial charge >= 0.3 is 6.01 Å². The summed E-state index contributed by atoms with van der Waals surface area (Å²) in [5.41, 5.74) is 1.89. The SMILES string of the molecule is CCCNCCOc1nc(C)cc(C)n1. The Morgan fingerprint density at radius 3 is 2.47 bits per heavy atom. The lowest BCUT2D eigenvalue weighted by molar-refractivity contribution is 0.289. The lowest BCUT2D eigenvalue weighted by atomic mass is 10.4. The van der Waals surface area contributed by atoms with Gasteiger partial charge in [-0.25, -0.2) is 9.97 Å². The van der Waals surface area contributed by atoms with E-state index in [0.29, 0.717) is 12.6 Å². The molecule has 0 aliphatic carbocycles.